The molecule has 1 heterocycles. The molecule has 0 aliphatic carbocycles. The number of morpholine rings is 1. The van der Waals surface area contributed by atoms with Crippen LogP contribution in [0.3, 0.4) is 0 Å². The molecular formula is C19H19BrF3NO3. The number of benzene rings is 2. The molecule has 0 bridgehead atoms. The maximum atomic E-state index is 13.2. The molecule has 27 heavy (non-hydrogen) atoms. The van der Waals surface area contributed by atoms with Crippen LogP contribution in [-0.2, 0) is 17.5 Å². The largest absolute Gasteiger partial charge is 0.489 e. The molecule has 1 N–H and O–H groups in total. The highest BCUT2D eigenvalue weighted by molar-refractivity contribution is 9.10. The Balaban J connectivity index is 1.68. The first-order valence-corrected chi connectivity index (χ1v) is 9.22. The van der Waals surface area contributed by atoms with Gasteiger partial charge in [-0.2, -0.15) is 13.2 Å². The van der Waals surface area contributed by atoms with Gasteiger partial charge in [0.05, 0.1) is 24.9 Å². The lowest BCUT2D eigenvalue weighted by atomic mass is 10.1. The van der Waals surface area contributed by atoms with Gasteiger partial charge in [0.15, 0.2) is 0 Å². The zero-order chi connectivity index (χ0) is 19.4. The minimum Gasteiger partial charge on any atom is -0.489 e. The number of halogens is 4. The second-order valence-corrected chi connectivity index (χ2v) is 7.02. The molecular weight excluding hydrogens is 427 g/mol. The van der Waals surface area contributed by atoms with Crippen molar-refractivity contribution in [2.45, 2.75) is 18.9 Å². The zero-order valence-electron chi connectivity index (χ0n) is 14.4. The van der Waals surface area contributed by atoms with Gasteiger partial charge in [-0.05, 0) is 36.4 Å². The number of ether oxygens (including phenoxy) is 2. The van der Waals surface area contributed by atoms with Crippen LogP contribution in [0.4, 0.5) is 18.9 Å². The highest BCUT2D eigenvalue weighted by Gasteiger charge is 2.34. The molecule has 2 aromatic carbocycles. The molecule has 1 unspecified atom stereocenters. The van der Waals surface area contributed by atoms with E-state index in [0.29, 0.717) is 29.9 Å². The van der Waals surface area contributed by atoms with E-state index < -0.39 is 11.7 Å². The minimum atomic E-state index is -4.44. The summed E-state index contributed by atoms with van der Waals surface area (Å²) in [6.07, 6.45) is -4.66. The van der Waals surface area contributed by atoms with Crippen LogP contribution in [-0.4, -0.2) is 37.5 Å². The lowest BCUT2D eigenvalue weighted by molar-refractivity contribution is -0.138. The molecule has 0 radical (unpaired) electrons. The Morgan fingerprint density at radius 3 is 2.59 bits per heavy atom. The molecule has 1 aliphatic rings. The summed E-state index contributed by atoms with van der Waals surface area (Å²) in [7, 11) is 0. The van der Waals surface area contributed by atoms with Crippen molar-refractivity contribution in [3.8, 4) is 5.75 Å². The predicted molar refractivity (Wildman–Crippen MR) is 99.0 cm³/mol. The first-order chi connectivity index (χ1) is 12.9. The maximum Gasteiger partial charge on any atom is 0.416 e. The number of hydrogen-bond donors (Lipinski definition) is 1. The summed E-state index contributed by atoms with van der Waals surface area (Å²) in [6, 6.07) is 11.1. The Bertz CT molecular complexity index is 768. The van der Waals surface area contributed by atoms with E-state index in [4.69, 9.17) is 9.47 Å². The summed E-state index contributed by atoms with van der Waals surface area (Å²) in [5.74, 6) is 0.481. The van der Waals surface area contributed by atoms with Gasteiger partial charge in [-0.15, -0.1) is 0 Å². The van der Waals surface area contributed by atoms with Crippen LogP contribution in [0.5, 0.6) is 5.75 Å². The number of aliphatic hydroxyl groups is 1. The number of nitrogens with zero attached hydrogens (tertiary/aromatic N) is 1. The van der Waals surface area contributed by atoms with E-state index in [-0.39, 0.29) is 24.9 Å². The van der Waals surface area contributed by atoms with Crippen molar-refractivity contribution in [1.82, 2.24) is 0 Å². The van der Waals surface area contributed by atoms with Gasteiger partial charge in [-0.1, -0.05) is 22.0 Å². The van der Waals surface area contributed by atoms with Crippen molar-refractivity contribution >= 4 is 21.6 Å². The Morgan fingerprint density at radius 2 is 1.93 bits per heavy atom. The highest BCUT2D eigenvalue weighted by atomic mass is 79.9. The molecule has 2 aromatic rings. The number of anilines is 1. The molecule has 8 heteroatoms. The molecule has 3 rings (SSSR count). The van der Waals surface area contributed by atoms with Crippen molar-refractivity contribution < 1.29 is 27.8 Å². The molecule has 0 saturated carbocycles. The van der Waals surface area contributed by atoms with Crippen molar-refractivity contribution in [2.75, 3.05) is 31.2 Å². The first-order valence-electron chi connectivity index (χ1n) is 8.43. The monoisotopic (exact) mass is 445 g/mol. The number of alkyl halides is 3. The van der Waals surface area contributed by atoms with Crippen LogP contribution in [0.1, 0.15) is 11.1 Å². The third-order valence-electron chi connectivity index (χ3n) is 4.35. The first kappa shape index (κ1) is 20.0. The fourth-order valence-corrected chi connectivity index (χ4v) is 3.42. The smallest absolute Gasteiger partial charge is 0.416 e. The summed E-state index contributed by atoms with van der Waals surface area (Å²) in [4.78, 5) is 2.09. The summed E-state index contributed by atoms with van der Waals surface area (Å²) >= 11 is 3.17. The van der Waals surface area contributed by atoms with Gasteiger partial charge < -0.3 is 19.5 Å². The normalized spacial score (nSPS) is 17.8. The lowest BCUT2D eigenvalue weighted by Gasteiger charge is -2.33. The molecule has 0 spiro atoms. The lowest BCUT2D eigenvalue weighted by Crippen LogP contribution is -2.44. The Kier molecular flexibility index (Phi) is 6.29. The van der Waals surface area contributed by atoms with Crippen molar-refractivity contribution in [1.29, 1.82) is 0 Å². The van der Waals surface area contributed by atoms with E-state index in [1.54, 1.807) is 18.2 Å². The van der Waals surface area contributed by atoms with Crippen LogP contribution in [0.2, 0.25) is 0 Å². The number of aliphatic hydroxyl groups excluding tert-OH is 1. The van der Waals surface area contributed by atoms with E-state index >= 15 is 0 Å². The van der Waals surface area contributed by atoms with Crippen LogP contribution < -0.4 is 9.64 Å². The van der Waals surface area contributed by atoms with Crippen molar-refractivity contribution in [2.24, 2.45) is 0 Å². The minimum absolute atomic E-state index is 0.0365. The van der Waals surface area contributed by atoms with E-state index in [1.165, 1.54) is 6.07 Å². The van der Waals surface area contributed by atoms with Crippen LogP contribution in [0.15, 0.2) is 46.9 Å². The predicted octanol–water partition coefficient (Wildman–Crippen LogP) is 4.24. The average Bonchev–Trinajstić information content (AvgIpc) is 2.66. The standard InChI is InChI=1S/C19H19BrF3NO3/c20-18-3-1-2-17(19(21,22)23)16(18)12-27-14-6-4-13(5-7-14)24-8-9-26-15(10-24)11-25/h1-7,15,25H,8-12H2. The Labute approximate surface area is 163 Å². The summed E-state index contributed by atoms with van der Waals surface area (Å²) in [5.41, 5.74) is 0.297. The molecule has 146 valence electrons. The van der Waals surface area contributed by atoms with Crippen LogP contribution >= 0.6 is 15.9 Å². The van der Waals surface area contributed by atoms with Crippen LogP contribution in [0.25, 0.3) is 0 Å². The molecule has 0 aromatic heterocycles. The van der Waals surface area contributed by atoms with Gasteiger partial charge in [0, 0.05) is 28.8 Å². The second kappa shape index (κ2) is 8.50. The number of rotatable bonds is 5. The molecule has 0 amide bonds. The van der Waals surface area contributed by atoms with Gasteiger partial charge in [0.1, 0.15) is 12.4 Å². The summed E-state index contributed by atoms with van der Waals surface area (Å²) < 4.78 is 50.9. The zero-order valence-corrected chi connectivity index (χ0v) is 16.0. The van der Waals surface area contributed by atoms with Gasteiger partial charge in [-0.25, -0.2) is 0 Å². The Hall–Kier alpha value is -1.77. The van der Waals surface area contributed by atoms with E-state index in [0.717, 1.165) is 11.8 Å². The molecule has 4 nitrogen and oxygen atoms in total. The van der Waals surface area contributed by atoms with E-state index in [9.17, 15) is 18.3 Å². The topological polar surface area (TPSA) is 41.9 Å². The fraction of sp³-hybridized carbons (Fsp3) is 0.368. The van der Waals surface area contributed by atoms with Gasteiger partial charge >= 0.3 is 6.18 Å². The second-order valence-electron chi connectivity index (χ2n) is 6.17. The average molecular weight is 446 g/mol. The van der Waals surface area contributed by atoms with Crippen molar-refractivity contribution in [3.05, 3.63) is 58.1 Å². The van der Waals surface area contributed by atoms with E-state index in [2.05, 4.69) is 20.8 Å². The van der Waals surface area contributed by atoms with Gasteiger partial charge in [0.25, 0.3) is 0 Å². The molecule has 1 atom stereocenters. The number of hydrogen-bond acceptors (Lipinski definition) is 4. The van der Waals surface area contributed by atoms with Gasteiger partial charge in [0.2, 0.25) is 0 Å². The van der Waals surface area contributed by atoms with Crippen molar-refractivity contribution in [3.63, 3.8) is 0 Å². The fourth-order valence-electron chi connectivity index (χ4n) is 2.94. The Morgan fingerprint density at radius 1 is 1.19 bits per heavy atom. The quantitative estimate of drug-likeness (QED) is 0.746. The van der Waals surface area contributed by atoms with E-state index in [1.807, 2.05) is 12.1 Å². The highest BCUT2D eigenvalue weighted by Crippen LogP contribution is 2.35. The SMILES string of the molecule is OCC1CN(c2ccc(OCc3c(Br)cccc3C(F)(F)F)cc2)CCO1. The molecule has 1 aliphatic heterocycles. The molecule has 1 saturated heterocycles. The summed E-state index contributed by atoms with van der Waals surface area (Å²) in [6.45, 7) is 1.60. The third-order valence-corrected chi connectivity index (χ3v) is 5.09. The maximum absolute atomic E-state index is 13.2. The summed E-state index contributed by atoms with van der Waals surface area (Å²) in [5, 5.41) is 9.22. The van der Waals surface area contributed by atoms with Crippen LogP contribution in [0, 0.1) is 0 Å². The molecule has 1 fully saturated rings. The van der Waals surface area contributed by atoms with Gasteiger partial charge in [-0.3, -0.25) is 0 Å². The third kappa shape index (κ3) is 4.94.